The SMILES string of the molecule is COc1ccc(NC(=O)CC(NCCCN2CCOCC2)C(=O)O)c(OC)c1. The number of hydrogen-bond acceptors (Lipinski definition) is 7. The van der Waals surface area contributed by atoms with Crippen LogP contribution in [-0.2, 0) is 14.3 Å². The fourth-order valence-corrected chi connectivity index (χ4v) is 2.94. The monoisotopic (exact) mass is 395 g/mol. The molecule has 3 N–H and O–H groups in total. The lowest BCUT2D eigenvalue weighted by Crippen LogP contribution is -2.42. The lowest BCUT2D eigenvalue weighted by atomic mass is 10.2. The van der Waals surface area contributed by atoms with Crippen LogP contribution in [0.25, 0.3) is 0 Å². The minimum atomic E-state index is -1.05. The van der Waals surface area contributed by atoms with E-state index in [1.54, 1.807) is 18.2 Å². The summed E-state index contributed by atoms with van der Waals surface area (Å²) in [6.07, 6.45) is 0.625. The van der Waals surface area contributed by atoms with Crippen molar-refractivity contribution < 1.29 is 28.9 Å². The zero-order valence-corrected chi connectivity index (χ0v) is 16.4. The largest absolute Gasteiger partial charge is 0.497 e. The Labute approximate surface area is 164 Å². The van der Waals surface area contributed by atoms with E-state index in [2.05, 4.69) is 15.5 Å². The first-order valence-electron chi connectivity index (χ1n) is 9.31. The summed E-state index contributed by atoms with van der Waals surface area (Å²) in [6.45, 7) is 4.66. The maximum absolute atomic E-state index is 12.3. The quantitative estimate of drug-likeness (QED) is 0.472. The maximum Gasteiger partial charge on any atom is 0.321 e. The maximum atomic E-state index is 12.3. The lowest BCUT2D eigenvalue weighted by molar-refractivity contribution is -0.141. The number of nitrogens with one attached hydrogen (secondary N) is 2. The van der Waals surface area contributed by atoms with Gasteiger partial charge in [0.2, 0.25) is 5.91 Å². The van der Waals surface area contributed by atoms with Gasteiger partial charge in [-0.3, -0.25) is 14.5 Å². The number of methoxy groups -OCH3 is 2. The molecule has 0 aliphatic carbocycles. The molecule has 1 aliphatic heterocycles. The Morgan fingerprint density at radius 3 is 2.64 bits per heavy atom. The number of carboxylic acids is 1. The van der Waals surface area contributed by atoms with Gasteiger partial charge in [0, 0.05) is 19.2 Å². The van der Waals surface area contributed by atoms with Crippen LogP contribution in [0.4, 0.5) is 5.69 Å². The van der Waals surface area contributed by atoms with Crippen molar-refractivity contribution in [2.24, 2.45) is 0 Å². The molecule has 0 saturated carbocycles. The zero-order valence-electron chi connectivity index (χ0n) is 16.4. The number of ether oxygens (including phenoxy) is 3. The second-order valence-electron chi connectivity index (χ2n) is 6.47. The molecule has 1 fully saturated rings. The molecule has 1 unspecified atom stereocenters. The van der Waals surface area contributed by atoms with Crippen LogP contribution in [0.2, 0.25) is 0 Å². The van der Waals surface area contributed by atoms with Gasteiger partial charge in [0.15, 0.2) is 0 Å². The van der Waals surface area contributed by atoms with E-state index in [4.69, 9.17) is 14.2 Å². The fourth-order valence-electron chi connectivity index (χ4n) is 2.94. The van der Waals surface area contributed by atoms with Gasteiger partial charge in [-0.2, -0.15) is 0 Å². The van der Waals surface area contributed by atoms with Crippen LogP contribution in [-0.4, -0.2) is 81.5 Å². The van der Waals surface area contributed by atoms with Crippen molar-refractivity contribution in [1.29, 1.82) is 0 Å². The third-order valence-electron chi connectivity index (χ3n) is 4.52. The van der Waals surface area contributed by atoms with Gasteiger partial charge in [-0.15, -0.1) is 0 Å². The van der Waals surface area contributed by atoms with Crippen LogP contribution in [0.1, 0.15) is 12.8 Å². The van der Waals surface area contributed by atoms with Crippen LogP contribution in [0.5, 0.6) is 11.5 Å². The van der Waals surface area contributed by atoms with Crippen LogP contribution >= 0.6 is 0 Å². The molecule has 1 aliphatic rings. The number of carbonyl (C=O) groups excluding carboxylic acids is 1. The molecule has 0 spiro atoms. The molecule has 2 rings (SSSR count). The van der Waals surface area contributed by atoms with Crippen molar-refractivity contribution in [1.82, 2.24) is 10.2 Å². The Bertz CT molecular complexity index is 649. The summed E-state index contributed by atoms with van der Waals surface area (Å²) in [5.41, 5.74) is 0.463. The number of benzene rings is 1. The molecule has 1 saturated heterocycles. The number of carboxylic acid groups (broad SMARTS) is 1. The number of amides is 1. The summed E-state index contributed by atoms with van der Waals surface area (Å²) in [4.78, 5) is 26.1. The first kappa shape index (κ1) is 21.9. The highest BCUT2D eigenvalue weighted by atomic mass is 16.5. The highest BCUT2D eigenvalue weighted by Gasteiger charge is 2.21. The molecule has 1 heterocycles. The third-order valence-corrected chi connectivity index (χ3v) is 4.52. The van der Waals surface area contributed by atoms with Gasteiger partial charge < -0.3 is 30.0 Å². The minimum Gasteiger partial charge on any atom is -0.497 e. The Hall–Kier alpha value is -2.36. The molecule has 9 nitrogen and oxygen atoms in total. The molecule has 156 valence electrons. The summed E-state index contributed by atoms with van der Waals surface area (Å²) in [6, 6.07) is 4.04. The molecule has 0 bridgehead atoms. The zero-order chi connectivity index (χ0) is 20.4. The van der Waals surface area contributed by atoms with Gasteiger partial charge >= 0.3 is 5.97 Å². The first-order valence-corrected chi connectivity index (χ1v) is 9.31. The van der Waals surface area contributed by atoms with Gasteiger partial charge in [0.25, 0.3) is 0 Å². The predicted octanol–water partition coefficient (Wildman–Crippen LogP) is 0.798. The third kappa shape index (κ3) is 6.99. The molecule has 9 heteroatoms. The number of aliphatic carboxylic acids is 1. The topological polar surface area (TPSA) is 109 Å². The molecule has 1 aromatic carbocycles. The predicted molar refractivity (Wildman–Crippen MR) is 104 cm³/mol. The van der Waals surface area contributed by atoms with E-state index in [0.717, 1.165) is 39.3 Å². The standard InChI is InChI=1S/C19H29N3O6/c1-26-14-4-5-15(17(12-14)27-2)21-18(23)13-16(19(24)25)20-6-3-7-22-8-10-28-11-9-22/h4-5,12,16,20H,3,6-11,13H2,1-2H3,(H,21,23)(H,24,25). The van der Waals surface area contributed by atoms with E-state index in [1.165, 1.54) is 14.2 Å². The van der Waals surface area contributed by atoms with Crippen LogP contribution < -0.4 is 20.1 Å². The minimum absolute atomic E-state index is 0.179. The highest BCUT2D eigenvalue weighted by molar-refractivity contribution is 5.95. The molecular weight excluding hydrogens is 366 g/mol. The van der Waals surface area contributed by atoms with Crippen molar-refractivity contribution in [3.63, 3.8) is 0 Å². The van der Waals surface area contributed by atoms with Crippen molar-refractivity contribution in [3.05, 3.63) is 18.2 Å². The van der Waals surface area contributed by atoms with Crippen LogP contribution in [0.3, 0.4) is 0 Å². The second-order valence-corrected chi connectivity index (χ2v) is 6.47. The van der Waals surface area contributed by atoms with Crippen LogP contribution in [0, 0.1) is 0 Å². The number of carbonyl (C=O) groups is 2. The summed E-state index contributed by atoms with van der Waals surface area (Å²) in [7, 11) is 3.02. The van der Waals surface area contributed by atoms with Crippen molar-refractivity contribution >= 4 is 17.6 Å². The van der Waals surface area contributed by atoms with Gasteiger partial charge in [0.1, 0.15) is 17.5 Å². The number of anilines is 1. The molecular formula is C19H29N3O6. The Morgan fingerprint density at radius 2 is 2.00 bits per heavy atom. The number of morpholine rings is 1. The van der Waals surface area contributed by atoms with E-state index in [9.17, 15) is 14.7 Å². The van der Waals surface area contributed by atoms with Crippen molar-refractivity contribution in [2.45, 2.75) is 18.9 Å². The molecule has 1 amide bonds. The lowest BCUT2D eigenvalue weighted by Gasteiger charge is -2.26. The van der Waals surface area contributed by atoms with E-state index >= 15 is 0 Å². The van der Waals surface area contributed by atoms with E-state index in [0.29, 0.717) is 23.7 Å². The smallest absolute Gasteiger partial charge is 0.321 e. The summed E-state index contributed by atoms with van der Waals surface area (Å²) in [5, 5.41) is 15.0. The van der Waals surface area contributed by atoms with E-state index in [-0.39, 0.29) is 6.42 Å². The summed E-state index contributed by atoms with van der Waals surface area (Å²) in [5.74, 6) is -0.419. The normalized spacial score (nSPS) is 15.6. The molecule has 0 radical (unpaired) electrons. The molecule has 1 aromatic rings. The van der Waals surface area contributed by atoms with E-state index in [1.807, 2.05) is 0 Å². The number of rotatable bonds is 11. The van der Waals surface area contributed by atoms with Gasteiger partial charge in [0.05, 0.1) is 39.5 Å². The van der Waals surface area contributed by atoms with Gasteiger partial charge in [-0.05, 0) is 31.6 Å². The van der Waals surface area contributed by atoms with Crippen LogP contribution in [0.15, 0.2) is 18.2 Å². The summed E-state index contributed by atoms with van der Waals surface area (Å²) < 4.78 is 15.7. The Kier molecular flexibility index (Phi) is 8.99. The van der Waals surface area contributed by atoms with Crippen molar-refractivity contribution in [3.8, 4) is 11.5 Å². The number of nitrogens with zero attached hydrogens (tertiary/aromatic N) is 1. The number of hydrogen-bond donors (Lipinski definition) is 3. The Balaban J connectivity index is 1.80. The second kappa shape index (κ2) is 11.5. The van der Waals surface area contributed by atoms with Gasteiger partial charge in [-0.1, -0.05) is 0 Å². The fraction of sp³-hybridized carbons (Fsp3) is 0.579. The average Bonchev–Trinajstić information content (AvgIpc) is 2.71. The summed E-state index contributed by atoms with van der Waals surface area (Å²) >= 11 is 0. The molecule has 28 heavy (non-hydrogen) atoms. The first-order chi connectivity index (χ1) is 13.5. The molecule has 1 atom stereocenters. The Morgan fingerprint density at radius 1 is 1.25 bits per heavy atom. The van der Waals surface area contributed by atoms with Crippen molar-refractivity contribution in [2.75, 3.05) is 58.9 Å². The van der Waals surface area contributed by atoms with Gasteiger partial charge in [-0.25, -0.2) is 0 Å². The average molecular weight is 395 g/mol. The highest BCUT2D eigenvalue weighted by Crippen LogP contribution is 2.29. The van der Waals surface area contributed by atoms with E-state index < -0.39 is 17.9 Å². The molecule has 0 aromatic heterocycles.